The first-order valence-electron chi connectivity index (χ1n) is 6.58. The summed E-state index contributed by atoms with van der Waals surface area (Å²) in [7, 11) is 1.79. The average molecular weight is 261 g/mol. The van der Waals surface area contributed by atoms with Gasteiger partial charge in [-0.15, -0.1) is 0 Å². The van der Waals surface area contributed by atoms with Crippen LogP contribution in [0, 0.1) is 0 Å². The molecule has 19 heavy (non-hydrogen) atoms. The summed E-state index contributed by atoms with van der Waals surface area (Å²) in [5.41, 5.74) is 1.56. The number of nitrogens with zero attached hydrogens (tertiary/aromatic N) is 5. The van der Waals surface area contributed by atoms with E-state index in [9.17, 15) is 4.79 Å². The number of aromatic nitrogens is 5. The fourth-order valence-electron chi connectivity index (χ4n) is 2.02. The highest BCUT2D eigenvalue weighted by atomic mass is 16.1. The van der Waals surface area contributed by atoms with E-state index < -0.39 is 0 Å². The topological polar surface area (TPSA) is 65.6 Å². The molecule has 0 amide bonds. The zero-order valence-electron chi connectivity index (χ0n) is 11.6. The lowest BCUT2D eigenvalue weighted by atomic mass is 10.2. The maximum atomic E-state index is 12.3. The smallest absolute Gasteiger partial charge is 0.188 e. The Bertz CT molecular complexity index is 569. The Morgan fingerprint density at radius 3 is 2.79 bits per heavy atom. The molecule has 6 heteroatoms. The van der Waals surface area contributed by atoms with E-state index in [0.717, 1.165) is 25.1 Å². The molecule has 0 saturated carbocycles. The van der Waals surface area contributed by atoms with Crippen LogP contribution in [0.15, 0.2) is 12.4 Å². The molecule has 0 aromatic carbocycles. The van der Waals surface area contributed by atoms with Crippen molar-refractivity contribution >= 4 is 5.78 Å². The van der Waals surface area contributed by atoms with Crippen molar-refractivity contribution in [2.24, 2.45) is 7.05 Å². The standard InChI is InChI=1S/C13H19N5O/c1-4-6-18-13(14-9-15-18)8-12(19)11-7-10(5-2)16-17(11)3/h7,9H,4-6,8H2,1-3H3. The number of rotatable bonds is 6. The molecule has 102 valence electrons. The van der Waals surface area contributed by atoms with E-state index in [1.54, 1.807) is 16.4 Å². The van der Waals surface area contributed by atoms with E-state index in [1.165, 1.54) is 6.33 Å². The van der Waals surface area contributed by atoms with Gasteiger partial charge < -0.3 is 0 Å². The molecule has 0 spiro atoms. The first kappa shape index (κ1) is 13.5. The molecule has 0 N–H and O–H groups in total. The van der Waals surface area contributed by atoms with Crippen LogP contribution in [0.3, 0.4) is 0 Å². The van der Waals surface area contributed by atoms with E-state index >= 15 is 0 Å². The van der Waals surface area contributed by atoms with Gasteiger partial charge in [0.15, 0.2) is 5.78 Å². The second-order valence-corrected chi connectivity index (χ2v) is 4.50. The van der Waals surface area contributed by atoms with Gasteiger partial charge in [0.25, 0.3) is 0 Å². The van der Waals surface area contributed by atoms with Crippen molar-refractivity contribution in [1.29, 1.82) is 0 Å². The summed E-state index contributed by atoms with van der Waals surface area (Å²) in [6.07, 6.45) is 3.56. The molecule has 0 saturated heterocycles. The van der Waals surface area contributed by atoms with Crippen molar-refractivity contribution in [3.63, 3.8) is 0 Å². The van der Waals surface area contributed by atoms with Gasteiger partial charge in [0.05, 0.1) is 12.1 Å². The molecule has 0 aliphatic rings. The van der Waals surface area contributed by atoms with Crippen molar-refractivity contribution in [3.8, 4) is 0 Å². The number of hydrogen-bond acceptors (Lipinski definition) is 4. The Morgan fingerprint density at radius 1 is 1.37 bits per heavy atom. The lowest BCUT2D eigenvalue weighted by Crippen LogP contribution is -2.14. The molecule has 2 aromatic rings. The van der Waals surface area contributed by atoms with Gasteiger partial charge in [0, 0.05) is 13.6 Å². The van der Waals surface area contributed by atoms with Crippen LogP contribution in [0.1, 0.15) is 42.3 Å². The zero-order valence-corrected chi connectivity index (χ0v) is 11.6. The van der Waals surface area contributed by atoms with Gasteiger partial charge in [-0.25, -0.2) is 9.67 Å². The minimum Gasteiger partial charge on any atom is -0.292 e. The summed E-state index contributed by atoms with van der Waals surface area (Å²) >= 11 is 0. The molecule has 0 aliphatic carbocycles. The summed E-state index contributed by atoms with van der Waals surface area (Å²) in [4.78, 5) is 16.4. The fraction of sp³-hybridized carbons (Fsp3) is 0.538. The van der Waals surface area contributed by atoms with Crippen LogP contribution in [-0.2, 0) is 26.4 Å². The molecule has 0 radical (unpaired) electrons. The Hall–Kier alpha value is -1.98. The average Bonchev–Trinajstić information content (AvgIpc) is 2.97. The monoisotopic (exact) mass is 261 g/mol. The fourth-order valence-corrected chi connectivity index (χ4v) is 2.02. The highest BCUT2D eigenvalue weighted by Crippen LogP contribution is 2.08. The van der Waals surface area contributed by atoms with E-state index in [1.807, 2.05) is 13.0 Å². The Morgan fingerprint density at radius 2 is 2.16 bits per heavy atom. The SMILES string of the molecule is CCCn1ncnc1CC(=O)c1cc(CC)nn1C. The molecule has 0 bridgehead atoms. The summed E-state index contributed by atoms with van der Waals surface area (Å²) < 4.78 is 3.43. The van der Waals surface area contributed by atoms with Crippen LogP contribution in [0.2, 0.25) is 0 Å². The number of ketones is 1. The van der Waals surface area contributed by atoms with Gasteiger partial charge in [-0.05, 0) is 18.9 Å². The lowest BCUT2D eigenvalue weighted by molar-refractivity contribution is 0.0980. The second-order valence-electron chi connectivity index (χ2n) is 4.50. The van der Waals surface area contributed by atoms with E-state index in [0.29, 0.717) is 11.5 Å². The number of hydrogen-bond donors (Lipinski definition) is 0. The van der Waals surface area contributed by atoms with Crippen molar-refractivity contribution < 1.29 is 4.79 Å². The van der Waals surface area contributed by atoms with Gasteiger partial charge in [0.2, 0.25) is 0 Å². The molecule has 0 fully saturated rings. The van der Waals surface area contributed by atoms with Gasteiger partial charge in [-0.1, -0.05) is 13.8 Å². The third-order valence-corrected chi connectivity index (χ3v) is 3.03. The maximum absolute atomic E-state index is 12.3. The summed E-state index contributed by atoms with van der Waals surface area (Å²) in [6, 6.07) is 1.85. The minimum atomic E-state index is 0.0278. The van der Waals surface area contributed by atoms with E-state index in [2.05, 4.69) is 22.1 Å². The molecule has 0 aliphatic heterocycles. The lowest BCUT2D eigenvalue weighted by Gasteiger charge is -2.04. The molecular formula is C13H19N5O. The first-order chi connectivity index (χ1) is 9.15. The van der Waals surface area contributed by atoms with Crippen LogP contribution < -0.4 is 0 Å². The van der Waals surface area contributed by atoms with Crippen LogP contribution in [0.5, 0.6) is 0 Å². The van der Waals surface area contributed by atoms with Gasteiger partial charge in [0.1, 0.15) is 17.8 Å². The zero-order chi connectivity index (χ0) is 13.8. The normalized spacial score (nSPS) is 10.9. The van der Waals surface area contributed by atoms with Crippen LogP contribution >= 0.6 is 0 Å². The van der Waals surface area contributed by atoms with Gasteiger partial charge in [-0.2, -0.15) is 10.2 Å². The molecule has 2 aromatic heterocycles. The van der Waals surface area contributed by atoms with Crippen molar-refractivity contribution in [1.82, 2.24) is 24.5 Å². The number of Topliss-reactive ketones (excluding diaryl/α,β-unsaturated/α-hetero) is 1. The van der Waals surface area contributed by atoms with Crippen LogP contribution in [-0.4, -0.2) is 30.3 Å². The number of aryl methyl sites for hydroxylation is 3. The largest absolute Gasteiger partial charge is 0.292 e. The van der Waals surface area contributed by atoms with E-state index in [-0.39, 0.29) is 12.2 Å². The number of carbonyl (C=O) groups is 1. The third-order valence-electron chi connectivity index (χ3n) is 3.03. The van der Waals surface area contributed by atoms with Crippen LogP contribution in [0.4, 0.5) is 0 Å². The van der Waals surface area contributed by atoms with Crippen molar-refractivity contribution in [2.45, 2.75) is 39.7 Å². The highest BCUT2D eigenvalue weighted by Gasteiger charge is 2.16. The van der Waals surface area contributed by atoms with Crippen LogP contribution in [0.25, 0.3) is 0 Å². The Balaban J connectivity index is 2.16. The highest BCUT2D eigenvalue weighted by molar-refractivity contribution is 5.95. The van der Waals surface area contributed by atoms with E-state index in [4.69, 9.17) is 0 Å². The predicted molar refractivity (Wildman–Crippen MR) is 70.9 cm³/mol. The van der Waals surface area contributed by atoms with Crippen molar-refractivity contribution in [2.75, 3.05) is 0 Å². The Kier molecular flexibility index (Phi) is 4.09. The molecule has 2 heterocycles. The molecule has 0 atom stereocenters. The number of carbonyl (C=O) groups excluding carboxylic acids is 1. The summed E-state index contributed by atoms with van der Waals surface area (Å²) in [5, 5.41) is 8.42. The van der Waals surface area contributed by atoms with Gasteiger partial charge in [-0.3, -0.25) is 9.48 Å². The third kappa shape index (κ3) is 2.89. The molecule has 2 rings (SSSR count). The second kappa shape index (κ2) is 5.77. The first-order valence-corrected chi connectivity index (χ1v) is 6.58. The van der Waals surface area contributed by atoms with Crippen molar-refractivity contribution in [3.05, 3.63) is 29.6 Å². The molecule has 6 nitrogen and oxygen atoms in total. The summed E-state index contributed by atoms with van der Waals surface area (Å²) in [6.45, 7) is 4.88. The quantitative estimate of drug-likeness (QED) is 0.737. The van der Waals surface area contributed by atoms with Gasteiger partial charge >= 0.3 is 0 Å². The maximum Gasteiger partial charge on any atom is 0.188 e. The Labute approximate surface area is 112 Å². The molecule has 0 unspecified atom stereocenters. The molecular weight excluding hydrogens is 242 g/mol. The summed E-state index contributed by atoms with van der Waals surface area (Å²) in [5.74, 6) is 0.742. The predicted octanol–water partition coefficient (Wildman–Crippen LogP) is 1.41. The minimum absolute atomic E-state index is 0.0278.